The Hall–Kier alpha value is -3.48. The highest BCUT2D eigenvalue weighted by Gasteiger charge is 2.43. The Morgan fingerprint density at radius 2 is 1.70 bits per heavy atom. The van der Waals surface area contributed by atoms with Gasteiger partial charge in [-0.05, 0) is 61.6 Å². The van der Waals surface area contributed by atoms with Crippen molar-refractivity contribution in [2.75, 3.05) is 5.01 Å². The highest BCUT2D eigenvalue weighted by atomic mass is 19.1. The van der Waals surface area contributed by atoms with Gasteiger partial charge in [0.05, 0.1) is 23.1 Å². The summed E-state index contributed by atoms with van der Waals surface area (Å²) in [4.78, 5) is 38.9. The van der Waals surface area contributed by atoms with E-state index in [0.29, 0.717) is 24.1 Å². The Balaban J connectivity index is 1.39. The van der Waals surface area contributed by atoms with Crippen LogP contribution in [0, 0.1) is 17.7 Å². The predicted octanol–water partition coefficient (Wildman–Crippen LogP) is 3.99. The quantitative estimate of drug-likeness (QED) is 0.696. The summed E-state index contributed by atoms with van der Waals surface area (Å²) in [5.41, 5.74) is 3.90. The molecule has 3 amide bonds. The van der Waals surface area contributed by atoms with Crippen molar-refractivity contribution >= 4 is 23.4 Å². The van der Waals surface area contributed by atoms with Crippen LogP contribution in [0.1, 0.15) is 54.4 Å². The lowest BCUT2D eigenvalue weighted by molar-refractivity contribution is -0.139. The number of hydrazine groups is 1. The molecule has 5 rings (SSSR count). The Kier molecular flexibility index (Phi) is 5.48. The molecular weight excluding hydrogens is 421 g/mol. The van der Waals surface area contributed by atoms with Crippen LogP contribution < -0.4 is 15.8 Å². The van der Waals surface area contributed by atoms with Gasteiger partial charge in [-0.15, -0.1) is 0 Å². The van der Waals surface area contributed by atoms with Crippen molar-refractivity contribution in [3.8, 4) is 0 Å². The number of rotatable bonds is 4. The molecule has 2 N–H and O–H groups in total. The van der Waals surface area contributed by atoms with E-state index in [1.54, 1.807) is 36.4 Å². The SMILES string of the molecule is O=C(NC1(c2ccc(F)cc2)CCCC1)c1cccc(N2NC(=O)C3CC=CCC3C2=O)c1. The molecule has 2 aromatic carbocycles. The third-order valence-corrected chi connectivity index (χ3v) is 7.10. The fraction of sp³-hybridized carbons (Fsp3) is 0.346. The van der Waals surface area contributed by atoms with Gasteiger partial charge in [-0.2, -0.15) is 0 Å². The van der Waals surface area contributed by atoms with Crippen LogP contribution in [0.3, 0.4) is 0 Å². The first-order valence-corrected chi connectivity index (χ1v) is 11.4. The summed E-state index contributed by atoms with van der Waals surface area (Å²) in [6.45, 7) is 0. The van der Waals surface area contributed by atoms with E-state index in [1.807, 2.05) is 12.2 Å². The maximum absolute atomic E-state index is 13.5. The zero-order valence-electron chi connectivity index (χ0n) is 18.2. The van der Waals surface area contributed by atoms with Crippen molar-refractivity contribution in [2.45, 2.75) is 44.1 Å². The van der Waals surface area contributed by atoms with Gasteiger partial charge in [0.1, 0.15) is 5.82 Å². The number of hydrogen-bond acceptors (Lipinski definition) is 3. The maximum Gasteiger partial charge on any atom is 0.252 e. The molecule has 2 aliphatic carbocycles. The van der Waals surface area contributed by atoms with Gasteiger partial charge < -0.3 is 5.32 Å². The van der Waals surface area contributed by atoms with Gasteiger partial charge in [0, 0.05) is 5.56 Å². The number of benzene rings is 2. The number of hydrogen-bond donors (Lipinski definition) is 2. The Morgan fingerprint density at radius 3 is 2.42 bits per heavy atom. The number of allylic oxidation sites excluding steroid dienone is 2. The number of nitrogens with one attached hydrogen (secondary N) is 2. The van der Waals surface area contributed by atoms with Crippen LogP contribution >= 0.6 is 0 Å². The third-order valence-electron chi connectivity index (χ3n) is 7.10. The van der Waals surface area contributed by atoms with E-state index in [1.165, 1.54) is 17.1 Å². The predicted molar refractivity (Wildman–Crippen MR) is 121 cm³/mol. The van der Waals surface area contributed by atoms with E-state index in [4.69, 9.17) is 0 Å². The minimum atomic E-state index is -0.544. The second-order valence-corrected chi connectivity index (χ2v) is 9.11. The van der Waals surface area contributed by atoms with E-state index in [-0.39, 0.29) is 35.4 Å². The molecule has 3 aliphatic rings. The van der Waals surface area contributed by atoms with Crippen molar-refractivity contribution in [3.63, 3.8) is 0 Å². The molecule has 6 nitrogen and oxygen atoms in total. The lowest BCUT2D eigenvalue weighted by atomic mass is 9.80. The maximum atomic E-state index is 13.5. The van der Waals surface area contributed by atoms with Gasteiger partial charge >= 0.3 is 0 Å². The van der Waals surface area contributed by atoms with E-state index in [0.717, 1.165) is 31.2 Å². The number of anilines is 1. The topological polar surface area (TPSA) is 78.5 Å². The molecule has 33 heavy (non-hydrogen) atoms. The average Bonchev–Trinajstić information content (AvgIpc) is 3.31. The minimum absolute atomic E-state index is 0.167. The van der Waals surface area contributed by atoms with Crippen LogP contribution in [0.4, 0.5) is 10.1 Å². The monoisotopic (exact) mass is 447 g/mol. The molecule has 0 radical (unpaired) electrons. The van der Waals surface area contributed by atoms with Crippen LogP contribution in [0.25, 0.3) is 0 Å². The average molecular weight is 448 g/mol. The molecule has 0 spiro atoms. The molecule has 1 saturated heterocycles. The van der Waals surface area contributed by atoms with Gasteiger partial charge in [-0.25, -0.2) is 9.40 Å². The zero-order valence-corrected chi connectivity index (χ0v) is 18.2. The highest BCUT2D eigenvalue weighted by molar-refractivity contribution is 6.05. The number of halogens is 1. The number of fused-ring (bicyclic) bond motifs is 1. The van der Waals surface area contributed by atoms with E-state index >= 15 is 0 Å². The van der Waals surface area contributed by atoms with Crippen molar-refractivity contribution in [2.24, 2.45) is 11.8 Å². The van der Waals surface area contributed by atoms with Gasteiger partial charge in [-0.3, -0.25) is 19.8 Å². The molecule has 0 bridgehead atoms. The number of nitrogens with zero attached hydrogens (tertiary/aromatic N) is 1. The van der Waals surface area contributed by atoms with Gasteiger partial charge in [-0.1, -0.05) is 43.2 Å². The number of carbonyl (C=O) groups excluding carboxylic acids is 3. The highest BCUT2D eigenvalue weighted by Crippen LogP contribution is 2.39. The normalized spacial score (nSPS) is 23.7. The van der Waals surface area contributed by atoms with E-state index in [2.05, 4.69) is 10.7 Å². The molecule has 2 aromatic rings. The molecule has 7 heteroatoms. The lowest BCUT2D eigenvalue weighted by Crippen LogP contribution is -2.59. The van der Waals surface area contributed by atoms with Crippen LogP contribution in [-0.2, 0) is 15.1 Å². The molecule has 2 atom stereocenters. The van der Waals surface area contributed by atoms with Crippen molar-refractivity contribution in [1.82, 2.24) is 10.7 Å². The first-order valence-electron chi connectivity index (χ1n) is 11.4. The van der Waals surface area contributed by atoms with Crippen molar-refractivity contribution < 1.29 is 18.8 Å². The van der Waals surface area contributed by atoms with E-state index in [9.17, 15) is 18.8 Å². The second kappa shape index (κ2) is 8.46. The Labute approximate surface area is 191 Å². The van der Waals surface area contributed by atoms with Crippen LogP contribution in [0.2, 0.25) is 0 Å². The summed E-state index contributed by atoms with van der Waals surface area (Å²) in [5.74, 6) is -1.66. The van der Waals surface area contributed by atoms with E-state index < -0.39 is 5.54 Å². The molecule has 0 aromatic heterocycles. The third kappa shape index (κ3) is 3.92. The Bertz CT molecular complexity index is 1120. The largest absolute Gasteiger partial charge is 0.343 e. The molecule has 2 unspecified atom stereocenters. The minimum Gasteiger partial charge on any atom is -0.343 e. The molecular formula is C26H26FN3O3. The molecule has 1 aliphatic heterocycles. The summed E-state index contributed by atoms with van der Waals surface area (Å²) in [6.07, 6.45) is 8.48. The Morgan fingerprint density at radius 1 is 1.00 bits per heavy atom. The summed E-state index contributed by atoms with van der Waals surface area (Å²) in [7, 11) is 0. The molecule has 1 saturated carbocycles. The van der Waals surface area contributed by atoms with Crippen LogP contribution in [0.15, 0.2) is 60.7 Å². The summed E-state index contributed by atoms with van der Waals surface area (Å²) in [5, 5.41) is 4.45. The van der Waals surface area contributed by atoms with Crippen molar-refractivity contribution in [3.05, 3.63) is 77.6 Å². The molecule has 2 fully saturated rings. The van der Waals surface area contributed by atoms with Gasteiger partial charge in [0.15, 0.2) is 0 Å². The summed E-state index contributed by atoms with van der Waals surface area (Å²) in [6, 6.07) is 13.0. The lowest BCUT2D eigenvalue weighted by Gasteiger charge is -2.38. The molecule has 170 valence electrons. The van der Waals surface area contributed by atoms with Gasteiger partial charge in [0.2, 0.25) is 11.8 Å². The van der Waals surface area contributed by atoms with Crippen LogP contribution in [0.5, 0.6) is 0 Å². The van der Waals surface area contributed by atoms with Crippen LogP contribution in [-0.4, -0.2) is 17.7 Å². The van der Waals surface area contributed by atoms with Crippen molar-refractivity contribution in [1.29, 1.82) is 0 Å². The smallest absolute Gasteiger partial charge is 0.252 e. The number of amides is 3. The second-order valence-electron chi connectivity index (χ2n) is 9.11. The zero-order chi connectivity index (χ0) is 23.0. The first-order chi connectivity index (χ1) is 16.0. The summed E-state index contributed by atoms with van der Waals surface area (Å²) >= 11 is 0. The fourth-order valence-electron chi connectivity index (χ4n) is 5.29. The summed E-state index contributed by atoms with van der Waals surface area (Å²) < 4.78 is 13.5. The molecule has 1 heterocycles. The fourth-order valence-corrected chi connectivity index (χ4v) is 5.29. The number of carbonyl (C=O) groups is 3. The van der Waals surface area contributed by atoms with Gasteiger partial charge in [0.25, 0.3) is 5.91 Å². The first kappa shape index (κ1) is 21.4. The standard InChI is InChI=1S/C26H26FN3O3/c27-19-12-10-18(11-13-19)26(14-3-4-15-26)28-23(31)17-6-5-7-20(16-17)30-25(33)22-9-2-1-8-21(22)24(32)29-30/h1-2,5-7,10-13,16,21-22H,3-4,8-9,14-15H2,(H,28,31)(H,29,32).